The van der Waals surface area contributed by atoms with Crippen molar-refractivity contribution in [2.24, 2.45) is 5.73 Å². The number of carbonyl (C=O) groups is 2. The number of nitrogens with one attached hydrogen (secondary N) is 1. The van der Waals surface area contributed by atoms with Gasteiger partial charge in [-0.1, -0.05) is 0 Å². The molecule has 6 heteroatoms. The maximum atomic E-state index is 12.4. The van der Waals surface area contributed by atoms with Gasteiger partial charge in [0.1, 0.15) is 6.04 Å². The molecule has 0 aromatic rings. The van der Waals surface area contributed by atoms with Crippen molar-refractivity contribution in [2.45, 2.75) is 70.6 Å². The van der Waals surface area contributed by atoms with Gasteiger partial charge in [-0.2, -0.15) is 0 Å². The standard InChI is InChI=1S/C15H28N4O2/c1-10-6-7-11(2)19(10)13-5-4-8-18(9-13)14(20)12(3)17-15(16)21/h10-13H,4-9H2,1-3H3,(H3,16,17,21). The number of rotatable bonds is 3. The van der Waals surface area contributed by atoms with Crippen molar-refractivity contribution in [2.75, 3.05) is 13.1 Å². The van der Waals surface area contributed by atoms with Gasteiger partial charge in [0.25, 0.3) is 0 Å². The van der Waals surface area contributed by atoms with Crippen LogP contribution in [-0.4, -0.2) is 59.0 Å². The molecule has 2 fully saturated rings. The first-order chi connectivity index (χ1) is 9.90. The van der Waals surface area contributed by atoms with E-state index in [2.05, 4.69) is 24.1 Å². The van der Waals surface area contributed by atoms with Crippen LogP contribution in [0.1, 0.15) is 46.5 Å². The molecular weight excluding hydrogens is 268 g/mol. The molecule has 2 aliphatic rings. The normalized spacial score (nSPS) is 32.0. The minimum Gasteiger partial charge on any atom is -0.352 e. The molecule has 120 valence electrons. The van der Waals surface area contributed by atoms with Gasteiger partial charge in [-0.25, -0.2) is 4.79 Å². The fraction of sp³-hybridized carbons (Fsp3) is 0.867. The van der Waals surface area contributed by atoms with Crippen molar-refractivity contribution >= 4 is 11.9 Å². The average Bonchev–Trinajstić information content (AvgIpc) is 2.76. The smallest absolute Gasteiger partial charge is 0.312 e. The van der Waals surface area contributed by atoms with Gasteiger partial charge in [0.05, 0.1) is 0 Å². The van der Waals surface area contributed by atoms with E-state index in [0.717, 1.165) is 25.9 Å². The zero-order valence-corrected chi connectivity index (χ0v) is 13.3. The molecule has 2 rings (SSSR count). The molecule has 0 aromatic heterocycles. The van der Waals surface area contributed by atoms with Crippen molar-refractivity contribution in [1.82, 2.24) is 15.1 Å². The highest BCUT2D eigenvalue weighted by molar-refractivity contribution is 5.86. The number of hydrogen-bond donors (Lipinski definition) is 2. The lowest BCUT2D eigenvalue weighted by molar-refractivity contribution is -0.135. The van der Waals surface area contributed by atoms with E-state index < -0.39 is 12.1 Å². The molecule has 0 bridgehead atoms. The van der Waals surface area contributed by atoms with Crippen LogP contribution in [0, 0.1) is 0 Å². The van der Waals surface area contributed by atoms with Gasteiger partial charge in [-0.05, 0) is 46.5 Å². The third-order valence-electron chi connectivity index (χ3n) is 4.88. The maximum Gasteiger partial charge on any atom is 0.312 e. The van der Waals surface area contributed by atoms with Gasteiger partial charge in [-0.15, -0.1) is 0 Å². The summed E-state index contributed by atoms with van der Waals surface area (Å²) in [6.45, 7) is 7.79. The molecular formula is C15H28N4O2. The molecule has 2 saturated heterocycles. The Balaban J connectivity index is 1.97. The second-order valence-corrected chi connectivity index (χ2v) is 6.53. The van der Waals surface area contributed by atoms with Crippen LogP contribution in [-0.2, 0) is 4.79 Å². The first-order valence-corrected chi connectivity index (χ1v) is 8.02. The van der Waals surface area contributed by atoms with Crippen molar-refractivity contribution in [3.05, 3.63) is 0 Å². The molecule has 2 aliphatic heterocycles. The van der Waals surface area contributed by atoms with Crippen LogP contribution in [0.3, 0.4) is 0 Å². The Morgan fingerprint density at radius 1 is 1.19 bits per heavy atom. The van der Waals surface area contributed by atoms with Crippen molar-refractivity contribution in [1.29, 1.82) is 0 Å². The van der Waals surface area contributed by atoms with E-state index in [-0.39, 0.29) is 5.91 Å². The summed E-state index contributed by atoms with van der Waals surface area (Å²) in [4.78, 5) is 27.7. The van der Waals surface area contributed by atoms with Crippen molar-refractivity contribution in [3.8, 4) is 0 Å². The summed E-state index contributed by atoms with van der Waals surface area (Å²) in [5.41, 5.74) is 5.09. The minimum absolute atomic E-state index is 0.0296. The summed E-state index contributed by atoms with van der Waals surface area (Å²) in [5.74, 6) is -0.0296. The van der Waals surface area contributed by atoms with Gasteiger partial charge in [-0.3, -0.25) is 9.69 Å². The molecule has 0 aromatic carbocycles. The summed E-state index contributed by atoms with van der Waals surface area (Å²) < 4.78 is 0. The van der Waals surface area contributed by atoms with E-state index in [1.54, 1.807) is 6.92 Å². The zero-order chi connectivity index (χ0) is 15.6. The number of nitrogens with zero attached hydrogens (tertiary/aromatic N) is 2. The highest BCUT2D eigenvalue weighted by Crippen LogP contribution is 2.29. The molecule has 0 saturated carbocycles. The van der Waals surface area contributed by atoms with Crippen LogP contribution in [0.5, 0.6) is 0 Å². The Labute approximate surface area is 127 Å². The Hall–Kier alpha value is -1.30. The molecule has 4 atom stereocenters. The molecule has 0 radical (unpaired) electrons. The van der Waals surface area contributed by atoms with Crippen LogP contribution < -0.4 is 11.1 Å². The van der Waals surface area contributed by atoms with Gasteiger partial charge in [0.2, 0.25) is 5.91 Å². The number of hydrogen-bond acceptors (Lipinski definition) is 3. The Morgan fingerprint density at radius 2 is 1.81 bits per heavy atom. The fourth-order valence-electron chi connectivity index (χ4n) is 3.88. The largest absolute Gasteiger partial charge is 0.352 e. The molecule has 2 heterocycles. The quantitative estimate of drug-likeness (QED) is 0.812. The van der Waals surface area contributed by atoms with E-state index >= 15 is 0 Å². The number of carbonyl (C=O) groups excluding carboxylic acids is 2. The Bertz CT molecular complexity index is 391. The zero-order valence-electron chi connectivity index (χ0n) is 13.3. The Morgan fingerprint density at radius 3 is 2.38 bits per heavy atom. The summed E-state index contributed by atoms with van der Waals surface area (Å²) in [7, 11) is 0. The number of nitrogens with two attached hydrogens (primary N) is 1. The van der Waals surface area contributed by atoms with Gasteiger partial charge >= 0.3 is 6.03 Å². The van der Waals surface area contributed by atoms with E-state index in [9.17, 15) is 9.59 Å². The first kappa shape index (κ1) is 16.1. The van der Waals surface area contributed by atoms with E-state index in [4.69, 9.17) is 5.73 Å². The second kappa shape index (κ2) is 6.64. The SMILES string of the molecule is CC(NC(N)=O)C(=O)N1CCCC(N2C(C)CCC2C)C1. The molecule has 6 nitrogen and oxygen atoms in total. The highest BCUT2D eigenvalue weighted by Gasteiger charge is 2.37. The van der Waals surface area contributed by atoms with E-state index in [1.807, 2.05) is 4.90 Å². The summed E-state index contributed by atoms with van der Waals surface area (Å²) in [6.07, 6.45) is 4.65. The number of urea groups is 1. The summed E-state index contributed by atoms with van der Waals surface area (Å²) in [6, 6.07) is 0.444. The van der Waals surface area contributed by atoms with Gasteiger partial charge < -0.3 is 16.0 Å². The molecule has 0 aliphatic carbocycles. The highest BCUT2D eigenvalue weighted by atomic mass is 16.2. The number of likely N-dealkylation sites (tertiary alicyclic amines) is 2. The molecule has 3 amide bonds. The van der Waals surface area contributed by atoms with Crippen LogP contribution in [0.15, 0.2) is 0 Å². The predicted molar refractivity (Wildman–Crippen MR) is 81.8 cm³/mol. The van der Waals surface area contributed by atoms with Gasteiger partial charge in [0.15, 0.2) is 0 Å². The molecule has 4 unspecified atom stereocenters. The monoisotopic (exact) mass is 296 g/mol. The minimum atomic E-state index is -0.647. The third-order valence-corrected chi connectivity index (χ3v) is 4.88. The molecule has 3 N–H and O–H groups in total. The first-order valence-electron chi connectivity index (χ1n) is 8.02. The Kier molecular flexibility index (Phi) is 5.08. The lowest BCUT2D eigenvalue weighted by atomic mass is 10.0. The maximum absolute atomic E-state index is 12.4. The number of primary amides is 1. The van der Waals surface area contributed by atoms with Crippen LogP contribution >= 0.6 is 0 Å². The van der Waals surface area contributed by atoms with Crippen LogP contribution in [0.4, 0.5) is 4.79 Å². The van der Waals surface area contributed by atoms with Crippen molar-refractivity contribution < 1.29 is 9.59 Å². The average molecular weight is 296 g/mol. The van der Waals surface area contributed by atoms with E-state index in [0.29, 0.717) is 18.1 Å². The molecule has 21 heavy (non-hydrogen) atoms. The third kappa shape index (κ3) is 3.67. The number of piperidine rings is 1. The second-order valence-electron chi connectivity index (χ2n) is 6.53. The lowest BCUT2D eigenvalue weighted by Crippen LogP contribution is -2.56. The predicted octanol–water partition coefficient (Wildman–Crippen LogP) is 0.907. The lowest BCUT2D eigenvalue weighted by Gasteiger charge is -2.42. The van der Waals surface area contributed by atoms with E-state index in [1.165, 1.54) is 12.8 Å². The summed E-state index contributed by atoms with van der Waals surface area (Å²) in [5, 5.41) is 2.48. The van der Waals surface area contributed by atoms with Gasteiger partial charge in [0, 0.05) is 31.2 Å². The van der Waals surface area contributed by atoms with Crippen LogP contribution in [0.25, 0.3) is 0 Å². The fourth-order valence-corrected chi connectivity index (χ4v) is 3.88. The topological polar surface area (TPSA) is 78.7 Å². The number of amides is 3. The molecule has 0 spiro atoms. The van der Waals surface area contributed by atoms with Crippen LogP contribution in [0.2, 0.25) is 0 Å². The van der Waals surface area contributed by atoms with Crippen molar-refractivity contribution in [3.63, 3.8) is 0 Å². The summed E-state index contributed by atoms with van der Waals surface area (Å²) >= 11 is 0.